The fourth-order valence-electron chi connectivity index (χ4n) is 4.04. The van der Waals surface area contributed by atoms with Crippen LogP contribution in [0.1, 0.15) is 46.9 Å². The molecular weight excluding hydrogens is 282 g/mol. The number of hydrogen-bond acceptors (Lipinski definition) is 5. The second-order valence-electron chi connectivity index (χ2n) is 6.55. The smallest absolute Gasteiger partial charge is 0.257 e. The summed E-state index contributed by atoms with van der Waals surface area (Å²) in [6.07, 6.45) is 6.42. The average molecular weight is 301 g/mol. The lowest BCUT2D eigenvalue weighted by molar-refractivity contribution is 0.0773. The number of carbonyl (C=O) groups excluding carboxylic acids is 1. The molecule has 1 amide bonds. The summed E-state index contributed by atoms with van der Waals surface area (Å²) in [7, 11) is 0. The molecule has 0 bridgehead atoms. The van der Waals surface area contributed by atoms with Gasteiger partial charge in [-0.1, -0.05) is 11.6 Å². The summed E-state index contributed by atoms with van der Waals surface area (Å²) in [5, 5.41) is 3.95. The van der Waals surface area contributed by atoms with Crippen molar-refractivity contribution in [3.05, 3.63) is 35.4 Å². The van der Waals surface area contributed by atoms with Crippen LogP contribution in [0.5, 0.6) is 0 Å². The third-order valence-corrected chi connectivity index (χ3v) is 5.20. The van der Waals surface area contributed by atoms with Crippen molar-refractivity contribution < 1.29 is 13.7 Å². The van der Waals surface area contributed by atoms with Crippen molar-refractivity contribution in [2.75, 3.05) is 13.1 Å². The Bertz CT molecular complexity index is 720. The van der Waals surface area contributed by atoms with Crippen LogP contribution < -0.4 is 0 Å². The number of nitrogens with zero attached hydrogens (tertiary/aromatic N) is 3. The summed E-state index contributed by atoms with van der Waals surface area (Å²) in [6, 6.07) is 0. The molecule has 116 valence electrons. The van der Waals surface area contributed by atoms with E-state index in [1.807, 2.05) is 18.7 Å². The first-order chi connectivity index (χ1) is 10.6. The molecule has 2 atom stereocenters. The Balaban J connectivity index is 1.65. The van der Waals surface area contributed by atoms with E-state index in [0.29, 0.717) is 29.7 Å². The summed E-state index contributed by atoms with van der Waals surface area (Å²) in [5.41, 5.74) is 1.37. The van der Waals surface area contributed by atoms with E-state index in [1.165, 1.54) is 6.26 Å². The Morgan fingerprint density at radius 2 is 2.27 bits per heavy atom. The van der Waals surface area contributed by atoms with Crippen molar-refractivity contribution >= 4 is 5.91 Å². The highest BCUT2D eigenvalue weighted by atomic mass is 16.5. The molecule has 2 fully saturated rings. The van der Waals surface area contributed by atoms with Crippen LogP contribution in [0, 0.1) is 19.8 Å². The van der Waals surface area contributed by atoms with E-state index in [0.717, 1.165) is 31.4 Å². The standard InChI is InChI=1S/C16H19N3O3/c1-10-7-21-8-13(10)14(20)19-6-12-4-3-5-16(12,9-19)15-17-11(2)18-22-15/h7-8,12H,3-6,9H2,1-2H3/t12-,16-/m0/s1. The van der Waals surface area contributed by atoms with E-state index in [2.05, 4.69) is 10.1 Å². The van der Waals surface area contributed by atoms with Gasteiger partial charge in [0.1, 0.15) is 6.26 Å². The third-order valence-electron chi connectivity index (χ3n) is 5.20. The zero-order valence-electron chi connectivity index (χ0n) is 12.8. The number of hydrogen-bond donors (Lipinski definition) is 0. The molecule has 0 unspecified atom stereocenters. The highest BCUT2D eigenvalue weighted by Gasteiger charge is 2.55. The second-order valence-corrected chi connectivity index (χ2v) is 6.55. The van der Waals surface area contributed by atoms with Crippen molar-refractivity contribution in [1.82, 2.24) is 15.0 Å². The van der Waals surface area contributed by atoms with Crippen molar-refractivity contribution in [2.24, 2.45) is 5.92 Å². The first-order valence-corrected chi connectivity index (χ1v) is 7.73. The summed E-state index contributed by atoms with van der Waals surface area (Å²) >= 11 is 0. The molecule has 0 radical (unpaired) electrons. The first kappa shape index (κ1) is 13.5. The number of likely N-dealkylation sites (tertiary alicyclic amines) is 1. The van der Waals surface area contributed by atoms with E-state index in [-0.39, 0.29) is 11.3 Å². The van der Waals surface area contributed by atoms with Gasteiger partial charge in [0, 0.05) is 13.1 Å². The number of furan rings is 1. The summed E-state index contributed by atoms with van der Waals surface area (Å²) in [6.45, 7) is 5.14. The number of aromatic nitrogens is 2. The van der Waals surface area contributed by atoms with E-state index in [9.17, 15) is 4.79 Å². The maximum Gasteiger partial charge on any atom is 0.257 e. The van der Waals surface area contributed by atoms with Crippen LogP contribution in [0.15, 0.2) is 21.5 Å². The number of amides is 1. The lowest BCUT2D eigenvalue weighted by Crippen LogP contribution is -2.35. The maximum absolute atomic E-state index is 12.7. The Labute approximate surface area is 128 Å². The van der Waals surface area contributed by atoms with Crippen molar-refractivity contribution in [1.29, 1.82) is 0 Å². The molecule has 0 spiro atoms. The van der Waals surface area contributed by atoms with Crippen LogP contribution in [-0.2, 0) is 5.41 Å². The van der Waals surface area contributed by atoms with E-state index in [1.54, 1.807) is 6.26 Å². The molecular formula is C16H19N3O3. The van der Waals surface area contributed by atoms with Crippen LogP contribution in [0.25, 0.3) is 0 Å². The van der Waals surface area contributed by atoms with Crippen LogP contribution >= 0.6 is 0 Å². The minimum absolute atomic E-state index is 0.0382. The molecule has 3 heterocycles. The van der Waals surface area contributed by atoms with Crippen molar-refractivity contribution in [2.45, 2.75) is 38.5 Å². The number of carbonyl (C=O) groups is 1. The Morgan fingerprint density at radius 3 is 2.95 bits per heavy atom. The van der Waals surface area contributed by atoms with Crippen LogP contribution in [-0.4, -0.2) is 34.0 Å². The fourth-order valence-corrected chi connectivity index (χ4v) is 4.04. The van der Waals surface area contributed by atoms with Crippen molar-refractivity contribution in [3.8, 4) is 0 Å². The average Bonchev–Trinajstić information content (AvgIpc) is 3.19. The van der Waals surface area contributed by atoms with Gasteiger partial charge >= 0.3 is 0 Å². The molecule has 1 aliphatic heterocycles. The third kappa shape index (κ3) is 1.82. The monoisotopic (exact) mass is 301 g/mol. The zero-order valence-corrected chi connectivity index (χ0v) is 12.8. The molecule has 1 saturated carbocycles. The highest BCUT2D eigenvalue weighted by molar-refractivity contribution is 5.95. The number of rotatable bonds is 2. The zero-order chi connectivity index (χ0) is 15.3. The van der Waals surface area contributed by atoms with Gasteiger partial charge < -0.3 is 13.8 Å². The quantitative estimate of drug-likeness (QED) is 0.852. The number of fused-ring (bicyclic) bond motifs is 1. The Hall–Kier alpha value is -2.11. The normalized spacial score (nSPS) is 27.4. The minimum Gasteiger partial charge on any atom is -0.471 e. The number of aryl methyl sites for hydroxylation is 2. The predicted molar refractivity (Wildman–Crippen MR) is 77.4 cm³/mol. The van der Waals surface area contributed by atoms with Gasteiger partial charge in [0.25, 0.3) is 5.91 Å². The molecule has 1 saturated heterocycles. The summed E-state index contributed by atoms with van der Waals surface area (Å²) in [4.78, 5) is 19.1. The molecule has 2 aromatic rings. The van der Waals surface area contributed by atoms with Gasteiger partial charge in [-0.3, -0.25) is 4.79 Å². The lowest BCUT2D eigenvalue weighted by atomic mass is 9.80. The Morgan fingerprint density at radius 1 is 1.41 bits per heavy atom. The molecule has 2 aliphatic rings. The Kier molecular flexibility index (Phi) is 2.89. The van der Waals surface area contributed by atoms with Gasteiger partial charge in [0.05, 0.1) is 17.2 Å². The second kappa shape index (κ2) is 4.69. The molecule has 6 nitrogen and oxygen atoms in total. The fraction of sp³-hybridized carbons (Fsp3) is 0.562. The largest absolute Gasteiger partial charge is 0.471 e. The van der Waals surface area contributed by atoms with Gasteiger partial charge in [0.2, 0.25) is 5.89 Å². The van der Waals surface area contributed by atoms with E-state index < -0.39 is 0 Å². The van der Waals surface area contributed by atoms with Gasteiger partial charge in [-0.25, -0.2) is 0 Å². The highest BCUT2D eigenvalue weighted by Crippen LogP contribution is 2.50. The first-order valence-electron chi connectivity index (χ1n) is 7.73. The van der Waals surface area contributed by atoms with E-state index >= 15 is 0 Å². The summed E-state index contributed by atoms with van der Waals surface area (Å²) in [5.74, 6) is 1.80. The van der Waals surface area contributed by atoms with E-state index in [4.69, 9.17) is 8.94 Å². The van der Waals surface area contributed by atoms with Gasteiger partial charge in [-0.05, 0) is 38.2 Å². The molecule has 0 aromatic carbocycles. The molecule has 22 heavy (non-hydrogen) atoms. The van der Waals surface area contributed by atoms with Crippen molar-refractivity contribution in [3.63, 3.8) is 0 Å². The molecule has 0 N–H and O–H groups in total. The van der Waals surface area contributed by atoms with Crippen LogP contribution in [0.4, 0.5) is 0 Å². The van der Waals surface area contributed by atoms with Gasteiger partial charge in [-0.15, -0.1) is 0 Å². The summed E-state index contributed by atoms with van der Waals surface area (Å²) < 4.78 is 10.6. The van der Waals surface area contributed by atoms with Gasteiger partial charge in [-0.2, -0.15) is 4.98 Å². The SMILES string of the molecule is Cc1noc([C@]23CCC[C@H]2CN(C(=O)c2cocc2C)C3)n1. The lowest BCUT2D eigenvalue weighted by Gasteiger charge is -2.24. The van der Waals surface area contributed by atoms with Crippen LogP contribution in [0.2, 0.25) is 0 Å². The molecule has 2 aromatic heterocycles. The van der Waals surface area contributed by atoms with Gasteiger partial charge in [0.15, 0.2) is 5.82 Å². The molecule has 4 rings (SSSR count). The van der Waals surface area contributed by atoms with Crippen LogP contribution in [0.3, 0.4) is 0 Å². The predicted octanol–water partition coefficient (Wildman–Crippen LogP) is 2.47. The maximum atomic E-state index is 12.7. The topological polar surface area (TPSA) is 72.4 Å². The molecule has 1 aliphatic carbocycles. The minimum atomic E-state index is -0.158. The molecule has 6 heteroatoms.